The average molecular weight is 352 g/mol. The lowest BCUT2D eigenvalue weighted by atomic mass is 10.3. The molecule has 2 amide bonds. The number of carbonyl (C=O) groups excluding carboxylic acids is 1. The van der Waals surface area contributed by atoms with Gasteiger partial charge in [-0.3, -0.25) is 5.32 Å². The smallest absolute Gasteiger partial charge is 0.325 e. The predicted octanol–water partition coefficient (Wildman–Crippen LogP) is 4.74. The summed E-state index contributed by atoms with van der Waals surface area (Å²) in [6.45, 7) is 0. The molecule has 3 rings (SSSR count). The van der Waals surface area contributed by atoms with Crippen LogP contribution in [0.2, 0.25) is 5.02 Å². The highest BCUT2D eigenvalue weighted by Gasteiger charge is 2.14. The molecule has 5 nitrogen and oxygen atoms in total. The van der Waals surface area contributed by atoms with Crippen molar-refractivity contribution in [3.63, 3.8) is 0 Å². The lowest BCUT2D eigenvalue weighted by Crippen LogP contribution is -2.19. The molecule has 0 aliphatic carbocycles. The third kappa shape index (κ3) is 3.20. The lowest BCUT2D eigenvalue weighted by molar-refractivity contribution is 0.262. The number of anilines is 2. The van der Waals surface area contributed by atoms with Crippen LogP contribution < -0.4 is 15.4 Å². The number of carbonyl (C=O) groups is 1. The maximum absolute atomic E-state index is 13.5. The molecule has 2 aromatic carbocycles. The van der Waals surface area contributed by atoms with Crippen LogP contribution in [-0.4, -0.2) is 18.1 Å². The van der Waals surface area contributed by atoms with Gasteiger partial charge in [-0.05, 0) is 24.3 Å². The minimum Gasteiger partial charge on any atom is -0.494 e. The van der Waals surface area contributed by atoms with Gasteiger partial charge in [0.15, 0.2) is 5.13 Å². The number of benzene rings is 2. The van der Waals surface area contributed by atoms with Crippen molar-refractivity contribution in [1.82, 2.24) is 4.98 Å². The molecule has 0 radical (unpaired) electrons. The van der Waals surface area contributed by atoms with Gasteiger partial charge >= 0.3 is 6.03 Å². The van der Waals surface area contributed by atoms with E-state index in [0.717, 1.165) is 0 Å². The second kappa shape index (κ2) is 6.39. The number of nitrogens with one attached hydrogen (secondary N) is 2. The number of ether oxygens (including phenoxy) is 1. The number of amides is 2. The third-order valence-corrected chi connectivity index (χ3v) is 4.45. The van der Waals surface area contributed by atoms with Crippen LogP contribution in [0, 0.1) is 5.82 Å². The monoisotopic (exact) mass is 351 g/mol. The van der Waals surface area contributed by atoms with Crippen LogP contribution in [0.15, 0.2) is 36.4 Å². The summed E-state index contributed by atoms with van der Waals surface area (Å²) < 4.78 is 19.4. The van der Waals surface area contributed by atoms with Crippen molar-refractivity contribution in [1.29, 1.82) is 0 Å². The van der Waals surface area contributed by atoms with Crippen LogP contribution in [0.1, 0.15) is 0 Å². The summed E-state index contributed by atoms with van der Waals surface area (Å²) in [5.74, 6) is 0.0416. The van der Waals surface area contributed by atoms with E-state index in [0.29, 0.717) is 26.1 Å². The first-order valence-electron chi connectivity index (χ1n) is 6.54. The summed E-state index contributed by atoms with van der Waals surface area (Å²) in [5.41, 5.74) is 0.646. The van der Waals surface area contributed by atoms with Crippen molar-refractivity contribution >= 4 is 50.0 Å². The highest BCUT2D eigenvalue weighted by Crippen LogP contribution is 2.37. The number of hydrogen-bond acceptors (Lipinski definition) is 4. The Bertz CT molecular complexity index is 884. The van der Waals surface area contributed by atoms with Crippen molar-refractivity contribution in [3.8, 4) is 5.75 Å². The zero-order valence-corrected chi connectivity index (χ0v) is 13.5. The minimum atomic E-state index is -0.593. The van der Waals surface area contributed by atoms with Gasteiger partial charge in [-0.1, -0.05) is 35.1 Å². The molecular formula is C15H11ClFN3O2S. The number of nitrogens with zero attached hydrogens (tertiary/aromatic N) is 1. The molecule has 0 bridgehead atoms. The van der Waals surface area contributed by atoms with E-state index in [9.17, 15) is 9.18 Å². The minimum absolute atomic E-state index is 0.0849. The van der Waals surface area contributed by atoms with Crippen LogP contribution in [0.3, 0.4) is 0 Å². The second-order valence-electron chi connectivity index (χ2n) is 4.51. The summed E-state index contributed by atoms with van der Waals surface area (Å²) >= 11 is 7.33. The first-order valence-corrected chi connectivity index (χ1v) is 7.73. The van der Waals surface area contributed by atoms with Crippen molar-refractivity contribution in [2.24, 2.45) is 0 Å². The summed E-state index contributed by atoms with van der Waals surface area (Å²) in [7, 11) is 1.53. The van der Waals surface area contributed by atoms with E-state index in [1.165, 1.54) is 30.6 Å². The molecule has 0 unspecified atom stereocenters. The van der Waals surface area contributed by atoms with Gasteiger partial charge in [-0.25, -0.2) is 14.2 Å². The molecular weight excluding hydrogens is 341 g/mol. The van der Waals surface area contributed by atoms with E-state index < -0.39 is 11.8 Å². The molecule has 0 aliphatic heterocycles. The number of thiazole rings is 1. The number of hydrogen-bond donors (Lipinski definition) is 2. The zero-order chi connectivity index (χ0) is 16.4. The molecule has 0 aliphatic rings. The third-order valence-electron chi connectivity index (χ3n) is 3.02. The first kappa shape index (κ1) is 15.5. The van der Waals surface area contributed by atoms with Crippen molar-refractivity contribution in [3.05, 3.63) is 47.2 Å². The SMILES string of the molecule is COc1ccc(Cl)c2sc(NC(=O)Nc3ccccc3F)nc12. The Labute approximate surface area is 140 Å². The van der Waals surface area contributed by atoms with E-state index >= 15 is 0 Å². The van der Waals surface area contributed by atoms with Gasteiger partial charge in [0.05, 0.1) is 22.5 Å². The predicted molar refractivity (Wildman–Crippen MR) is 90.2 cm³/mol. The molecule has 118 valence electrons. The van der Waals surface area contributed by atoms with Crippen molar-refractivity contribution in [2.45, 2.75) is 0 Å². The van der Waals surface area contributed by atoms with E-state index in [1.54, 1.807) is 24.3 Å². The molecule has 0 saturated carbocycles. The number of rotatable bonds is 3. The maximum atomic E-state index is 13.5. The van der Waals surface area contributed by atoms with Gasteiger partial charge in [0.25, 0.3) is 0 Å². The Balaban J connectivity index is 1.83. The molecule has 1 heterocycles. The molecule has 0 spiro atoms. The fourth-order valence-electron chi connectivity index (χ4n) is 1.98. The van der Waals surface area contributed by atoms with Gasteiger partial charge < -0.3 is 10.1 Å². The molecule has 23 heavy (non-hydrogen) atoms. The average Bonchev–Trinajstić information content (AvgIpc) is 2.94. The number of fused-ring (bicyclic) bond motifs is 1. The Hall–Kier alpha value is -2.38. The molecule has 1 aromatic heterocycles. The fourth-order valence-corrected chi connectivity index (χ4v) is 3.13. The quantitative estimate of drug-likeness (QED) is 0.716. The van der Waals surface area contributed by atoms with Gasteiger partial charge in [-0.2, -0.15) is 0 Å². The first-order chi connectivity index (χ1) is 11.1. The Kier molecular flexibility index (Phi) is 4.31. The Morgan fingerprint density at radius 2 is 2.04 bits per heavy atom. The summed E-state index contributed by atoms with van der Waals surface area (Å²) in [6, 6.07) is 8.70. The Morgan fingerprint density at radius 3 is 2.78 bits per heavy atom. The number of para-hydroxylation sites is 1. The number of aromatic nitrogens is 1. The molecule has 0 saturated heterocycles. The molecule has 3 aromatic rings. The van der Waals surface area contributed by atoms with Crippen LogP contribution in [0.5, 0.6) is 5.75 Å². The normalized spacial score (nSPS) is 10.6. The van der Waals surface area contributed by atoms with Gasteiger partial charge in [0, 0.05) is 0 Å². The van der Waals surface area contributed by atoms with Crippen molar-refractivity contribution in [2.75, 3.05) is 17.7 Å². The number of halogens is 2. The van der Waals surface area contributed by atoms with Crippen LogP contribution in [0.25, 0.3) is 10.2 Å². The summed E-state index contributed by atoms with van der Waals surface area (Å²) in [4.78, 5) is 16.3. The molecule has 0 fully saturated rings. The molecule has 2 N–H and O–H groups in total. The van der Waals surface area contributed by atoms with Gasteiger partial charge in [0.1, 0.15) is 17.1 Å². The van der Waals surface area contributed by atoms with E-state index in [2.05, 4.69) is 15.6 Å². The summed E-state index contributed by atoms with van der Waals surface area (Å²) in [5, 5.41) is 5.83. The largest absolute Gasteiger partial charge is 0.494 e. The number of methoxy groups -OCH3 is 1. The molecule has 8 heteroatoms. The topological polar surface area (TPSA) is 63.2 Å². The highest BCUT2D eigenvalue weighted by atomic mass is 35.5. The van der Waals surface area contributed by atoms with Crippen LogP contribution >= 0.6 is 22.9 Å². The van der Waals surface area contributed by atoms with E-state index in [1.807, 2.05) is 0 Å². The fraction of sp³-hybridized carbons (Fsp3) is 0.0667. The second-order valence-corrected chi connectivity index (χ2v) is 5.91. The van der Waals surface area contributed by atoms with Gasteiger partial charge in [0.2, 0.25) is 0 Å². The maximum Gasteiger partial charge on any atom is 0.325 e. The van der Waals surface area contributed by atoms with Gasteiger partial charge in [-0.15, -0.1) is 0 Å². The zero-order valence-electron chi connectivity index (χ0n) is 11.9. The van der Waals surface area contributed by atoms with E-state index in [-0.39, 0.29) is 5.69 Å². The molecule has 0 atom stereocenters. The summed E-state index contributed by atoms with van der Waals surface area (Å²) in [6.07, 6.45) is 0. The lowest BCUT2D eigenvalue weighted by Gasteiger charge is -2.05. The van der Waals surface area contributed by atoms with E-state index in [4.69, 9.17) is 16.3 Å². The highest BCUT2D eigenvalue weighted by molar-refractivity contribution is 7.23. The Morgan fingerprint density at radius 1 is 1.26 bits per heavy atom. The van der Waals surface area contributed by atoms with Crippen LogP contribution in [0.4, 0.5) is 20.0 Å². The van der Waals surface area contributed by atoms with Crippen molar-refractivity contribution < 1.29 is 13.9 Å². The number of urea groups is 1. The standard InChI is InChI=1S/C15H11ClFN3O2S/c1-22-11-7-6-8(16)13-12(11)19-15(23-13)20-14(21)18-10-5-3-2-4-9(10)17/h2-7H,1H3,(H2,18,19,20,21). The van der Waals surface area contributed by atoms with Crippen LogP contribution in [-0.2, 0) is 0 Å².